The average molecular weight is 356 g/mol. The quantitative estimate of drug-likeness (QED) is 0.828. The molecule has 1 aliphatic carbocycles. The Bertz CT molecular complexity index is 909. The summed E-state index contributed by atoms with van der Waals surface area (Å²) < 4.78 is 20.8. The largest absolute Gasteiger partial charge is 0.486 e. The molecule has 2 aromatic carbocycles. The summed E-state index contributed by atoms with van der Waals surface area (Å²) in [5, 5.41) is 3.79. The molecule has 0 radical (unpaired) electrons. The van der Waals surface area contributed by atoms with Crippen molar-refractivity contribution in [3.05, 3.63) is 70.0 Å². The van der Waals surface area contributed by atoms with Gasteiger partial charge in [-0.25, -0.2) is 4.39 Å². The molecule has 1 saturated carbocycles. The maximum Gasteiger partial charge on any atom is 0.128 e. The standard InChI is InChI=1S/C21H19ClFNO/c1-21-19(15-6-5-13(22)11-16(15)23)20(21)18-14(3-2-4-17(18)25-21)12-7-9-24-10-8-12/h2-7,11,19-20,24H,8-10H2,1H3/t19-,20?,21-/m1/s1. The Balaban J connectivity index is 1.59. The van der Waals surface area contributed by atoms with Gasteiger partial charge in [0.1, 0.15) is 17.2 Å². The first-order chi connectivity index (χ1) is 12.1. The summed E-state index contributed by atoms with van der Waals surface area (Å²) in [6.45, 7) is 3.99. The SMILES string of the molecule is C[C@]12Oc3cccc(C4=CCNCC4)c3C1[C@H]2c1ccc(Cl)cc1F. The second-order valence-electron chi connectivity index (χ2n) is 7.31. The molecule has 4 heteroatoms. The lowest BCUT2D eigenvalue weighted by Crippen LogP contribution is -2.20. The number of benzene rings is 2. The fourth-order valence-electron chi connectivity index (χ4n) is 4.65. The van der Waals surface area contributed by atoms with Gasteiger partial charge in [0.2, 0.25) is 0 Å². The Kier molecular flexibility index (Phi) is 3.28. The Morgan fingerprint density at radius 1 is 1.24 bits per heavy atom. The number of hydrogen-bond donors (Lipinski definition) is 1. The lowest BCUT2D eigenvalue weighted by Gasteiger charge is -2.19. The number of ether oxygens (including phenoxy) is 1. The maximum absolute atomic E-state index is 14.5. The maximum atomic E-state index is 14.5. The van der Waals surface area contributed by atoms with Crippen LogP contribution in [0.5, 0.6) is 5.75 Å². The lowest BCUT2D eigenvalue weighted by molar-refractivity contribution is 0.204. The highest BCUT2D eigenvalue weighted by Gasteiger charge is 2.70. The van der Waals surface area contributed by atoms with E-state index < -0.39 is 0 Å². The monoisotopic (exact) mass is 355 g/mol. The van der Waals surface area contributed by atoms with Gasteiger partial charge in [0.25, 0.3) is 0 Å². The molecule has 0 spiro atoms. The lowest BCUT2D eigenvalue weighted by atomic mass is 9.91. The van der Waals surface area contributed by atoms with E-state index in [9.17, 15) is 4.39 Å². The third-order valence-electron chi connectivity index (χ3n) is 5.87. The molecule has 3 atom stereocenters. The highest BCUT2D eigenvalue weighted by Crippen LogP contribution is 2.72. The molecule has 1 fully saturated rings. The van der Waals surface area contributed by atoms with Gasteiger partial charge in [0.15, 0.2) is 0 Å². The van der Waals surface area contributed by atoms with Crippen molar-refractivity contribution in [1.82, 2.24) is 5.32 Å². The third-order valence-corrected chi connectivity index (χ3v) is 6.11. The molecule has 1 unspecified atom stereocenters. The van der Waals surface area contributed by atoms with Crippen LogP contribution in [-0.4, -0.2) is 18.7 Å². The van der Waals surface area contributed by atoms with Crippen LogP contribution in [-0.2, 0) is 0 Å². The zero-order valence-electron chi connectivity index (χ0n) is 14.0. The van der Waals surface area contributed by atoms with E-state index in [1.807, 2.05) is 6.07 Å². The van der Waals surface area contributed by atoms with Crippen molar-refractivity contribution in [2.45, 2.75) is 30.8 Å². The van der Waals surface area contributed by atoms with Gasteiger partial charge in [-0.15, -0.1) is 0 Å². The fourth-order valence-corrected chi connectivity index (χ4v) is 4.81. The van der Waals surface area contributed by atoms with Crippen molar-refractivity contribution in [3.63, 3.8) is 0 Å². The molecule has 3 aliphatic rings. The summed E-state index contributed by atoms with van der Waals surface area (Å²) in [7, 11) is 0. The van der Waals surface area contributed by atoms with E-state index in [1.165, 1.54) is 22.8 Å². The normalized spacial score (nSPS) is 29.5. The van der Waals surface area contributed by atoms with Crippen molar-refractivity contribution < 1.29 is 9.13 Å². The summed E-state index contributed by atoms with van der Waals surface area (Å²) >= 11 is 5.92. The Labute approximate surface area is 151 Å². The van der Waals surface area contributed by atoms with Crippen LogP contribution >= 0.6 is 11.6 Å². The van der Waals surface area contributed by atoms with E-state index in [1.54, 1.807) is 12.1 Å². The zero-order valence-corrected chi connectivity index (χ0v) is 14.7. The molecular formula is C21H19ClFNO. The number of fused-ring (bicyclic) bond motifs is 3. The number of hydrogen-bond acceptors (Lipinski definition) is 2. The van der Waals surface area contributed by atoms with Crippen molar-refractivity contribution in [2.24, 2.45) is 0 Å². The fraction of sp³-hybridized carbons (Fsp3) is 0.333. The average Bonchev–Trinajstić information content (AvgIpc) is 3.06. The first-order valence-corrected chi connectivity index (χ1v) is 9.14. The van der Waals surface area contributed by atoms with Crippen LogP contribution in [0.15, 0.2) is 42.5 Å². The topological polar surface area (TPSA) is 21.3 Å². The molecule has 5 rings (SSSR count). The van der Waals surface area contributed by atoms with Gasteiger partial charge in [-0.2, -0.15) is 0 Å². The predicted molar refractivity (Wildman–Crippen MR) is 97.8 cm³/mol. The molecule has 0 bridgehead atoms. The molecule has 0 amide bonds. The van der Waals surface area contributed by atoms with Crippen molar-refractivity contribution in [1.29, 1.82) is 0 Å². The third kappa shape index (κ3) is 2.19. The Morgan fingerprint density at radius 3 is 2.88 bits per heavy atom. The summed E-state index contributed by atoms with van der Waals surface area (Å²) in [6.07, 6.45) is 3.27. The van der Waals surface area contributed by atoms with Gasteiger partial charge in [0.05, 0.1) is 0 Å². The molecule has 0 aromatic heterocycles. The minimum atomic E-state index is -0.361. The number of rotatable bonds is 2. The smallest absolute Gasteiger partial charge is 0.128 e. The molecule has 2 aromatic rings. The van der Waals surface area contributed by atoms with Crippen LogP contribution in [0.25, 0.3) is 5.57 Å². The number of halogens is 2. The summed E-state index contributed by atoms with van der Waals surface area (Å²) in [5.74, 6) is 0.956. The second kappa shape index (κ2) is 5.33. The van der Waals surface area contributed by atoms with Gasteiger partial charge in [-0.1, -0.05) is 35.9 Å². The van der Waals surface area contributed by atoms with E-state index in [0.717, 1.165) is 25.3 Å². The van der Waals surface area contributed by atoms with Crippen LogP contribution < -0.4 is 10.1 Å². The molecular weight excluding hydrogens is 337 g/mol. The molecule has 25 heavy (non-hydrogen) atoms. The van der Waals surface area contributed by atoms with Crippen LogP contribution in [0.3, 0.4) is 0 Å². The van der Waals surface area contributed by atoms with Gasteiger partial charge >= 0.3 is 0 Å². The highest BCUT2D eigenvalue weighted by atomic mass is 35.5. The van der Waals surface area contributed by atoms with Gasteiger partial charge in [0, 0.05) is 29.0 Å². The predicted octanol–water partition coefficient (Wildman–Crippen LogP) is 4.89. The Morgan fingerprint density at radius 2 is 2.12 bits per heavy atom. The molecule has 1 N–H and O–H groups in total. The van der Waals surface area contributed by atoms with E-state index in [2.05, 4.69) is 30.4 Å². The second-order valence-corrected chi connectivity index (χ2v) is 7.74. The molecule has 2 nitrogen and oxygen atoms in total. The van der Waals surface area contributed by atoms with Gasteiger partial charge < -0.3 is 10.1 Å². The Hall–Kier alpha value is -1.84. The molecule has 2 aliphatic heterocycles. The van der Waals surface area contributed by atoms with Crippen molar-refractivity contribution in [3.8, 4) is 5.75 Å². The first-order valence-electron chi connectivity index (χ1n) is 8.76. The highest BCUT2D eigenvalue weighted by molar-refractivity contribution is 6.30. The summed E-state index contributed by atoms with van der Waals surface area (Å²) in [5.41, 5.74) is 4.23. The van der Waals surface area contributed by atoms with E-state index in [0.29, 0.717) is 10.6 Å². The first kappa shape index (κ1) is 15.4. The van der Waals surface area contributed by atoms with E-state index in [-0.39, 0.29) is 23.3 Å². The molecule has 2 heterocycles. The van der Waals surface area contributed by atoms with Crippen LogP contribution in [0.4, 0.5) is 4.39 Å². The molecule has 0 saturated heterocycles. The minimum Gasteiger partial charge on any atom is -0.486 e. The van der Waals surface area contributed by atoms with E-state index >= 15 is 0 Å². The number of nitrogens with one attached hydrogen (secondary N) is 1. The summed E-state index contributed by atoms with van der Waals surface area (Å²) in [4.78, 5) is 0. The minimum absolute atomic E-state index is 0.0423. The summed E-state index contributed by atoms with van der Waals surface area (Å²) in [6, 6.07) is 11.2. The van der Waals surface area contributed by atoms with E-state index in [4.69, 9.17) is 16.3 Å². The molecule has 128 valence electrons. The van der Waals surface area contributed by atoms with Gasteiger partial charge in [-0.3, -0.25) is 0 Å². The van der Waals surface area contributed by atoms with Crippen LogP contribution in [0.2, 0.25) is 5.02 Å². The van der Waals surface area contributed by atoms with Crippen molar-refractivity contribution >= 4 is 17.2 Å². The van der Waals surface area contributed by atoms with Crippen LogP contribution in [0, 0.1) is 5.82 Å². The van der Waals surface area contributed by atoms with Crippen LogP contribution in [0.1, 0.15) is 41.9 Å². The zero-order chi connectivity index (χ0) is 17.2. The van der Waals surface area contributed by atoms with Crippen molar-refractivity contribution in [2.75, 3.05) is 13.1 Å². The van der Waals surface area contributed by atoms with Gasteiger partial charge in [-0.05, 0) is 54.8 Å².